The topological polar surface area (TPSA) is 49.7 Å². The molecule has 0 amide bonds. The van der Waals surface area contributed by atoms with E-state index >= 15 is 0 Å². The van der Waals surface area contributed by atoms with Gasteiger partial charge in [0.05, 0.1) is 17.6 Å². The maximum absolute atomic E-state index is 13.5. The van der Waals surface area contributed by atoms with Gasteiger partial charge in [-0.25, -0.2) is 4.39 Å². The minimum absolute atomic E-state index is 0.0600. The first kappa shape index (κ1) is 13.8. The second-order valence-corrected chi connectivity index (χ2v) is 3.14. The maximum Gasteiger partial charge on any atom is 0.495 e. The smallest absolute Gasteiger partial charge is 0.494 e. The van der Waals surface area contributed by atoms with Crippen molar-refractivity contribution >= 4 is 12.6 Å². The highest BCUT2D eigenvalue weighted by molar-refractivity contribution is 6.59. The SMILES string of the molecule is CCOc1ccc(C(F)(F)F)c(F)c1B(O)O. The van der Waals surface area contributed by atoms with Crippen LogP contribution in [0.15, 0.2) is 12.1 Å². The summed E-state index contributed by atoms with van der Waals surface area (Å²) in [6.45, 7) is 1.59. The van der Waals surface area contributed by atoms with Crippen LogP contribution in [0.1, 0.15) is 12.5 Å². The molecule has 0 saturated carbocycles. The Morgan fingerprint density at radius 2 is 1.88 bits per heavy atom. The van der Waals surface area contributed by atoms with Gasteiger partial charge in [-0.1, -0.05) is 0 Å². The third kappa shape index (κ3) is 2.89. The summed E-state index contributed by atoms with van der Waals surface area (Å²) >= 11 is 0. The Balaban J connectivity index is 3.39. The predicted molar refractivity (Wildman–Crippen MR) is 52.4 cm³/mol. The molecule has 0 bridgehead atoms. The molecule has 8 heteroatoms. The van der Waals surface area contributed by atoms with Crippen LogP contribution in [0, 0.1) is 5.82 Å². The van der Waals surface area contributed by atoms with Crippen molar-refractivity contribution < 1.29 is 32.3 Å². The number of halogens is 4. The molecule has 0 fully saturated rings. The number of rotatable bonds is 3. The molecule has 0 aliphatic carbocycles. The Morgan fingerprint density at radius 3 is 2.29 bits per heavy atom. The zero-order valence-electron chi connectivity index (χ0n) is 8.75. The normalized spacial score (nSPS) is 11.5. The molecule has 3 nitrogen and oxygen atoms in total. The molecule has 17 heavy (non-hydrogen) atoms. The highest BCUT2D eigenvalue weighted by Gasteiger charge is 2.37. The van der Waals surface area contributed by atoms with Gasteiger partial charge < -0.3 is 14.8 Å². The average molecular weight is 252 g/mol. The number of alkyl halides is 3. The minimum Gasteiger partial charge on any atom is -0.494 e. The van der Waals surface area contributed by atoms with Gasteiger partial charge in [0.2, 0.25) is 0 Å². The van der Waals surface area contributed by atoms with Crippen LogP contribution in [-0.4, -0.2) is 23.8 Å². The highest BCUT2D eigenvalue weighted by atomic mass is 19.4. The number of hydrogen-bond donors (Lipinski definition) is 2. The van der Waals surface area contributed by atoms with E-state index in [1.807, 2.05) is 0 Å². The van der Waals surface area contributed by atoms with Crippen molar-refractivity contribution in [2.24, 2.45) is 0 Å². The quantitative estimate of drug-likeness (QED) is 0.621. The number of ether oxygens (including phenoxy) is 1. The van der Waals surface area contributed by atoms with E-state index in [1.165, 1.54) is 6.92 Å². The van der Waals surface area contributed by atoms with Crippen LogP contribution in [0.4, 0.5) is 17.6 Å². The Morgan fingerprint density at radius 1 is 1.29 bits per heavy atom. The standard InChI is InChI=1S/C9H9BF4O3/c1-2-17-6-4-3-5(9(12,13)14)8(11)7(6)10(15)16/h3-4,15-16H,2H2,1H3. The molecule has 2 N–H and O–H groups in total. The molecule has 0 aliphatic rings. The molecule has 0 heterocycles. The van der Waals surface area contributed by atoms with Gasteiger partial charge in [-0.15, -0.1) is 0 Å². The Bertz CT molecular complexity index is 406. The van der Waals surface area contributed by atoms with E-state index in [4.69, 9.17) is 14.8 Å². The summed E-state index contributed by atoms with van der Waals surface area (Å²) in [5.74, 6) is -2.06. The summed E-state index contributed by atoms with van der Waals surface area (Å²) in [6, 6.07) is 1.34. The Kier molecular flexibility index (Phi) is 4.00. The lowest BCUT2D eigenvalue weighted by Crippen LogP contribution is -2.36. The summed E-state index contributed by atoms with van der Waals surface area (Å²) < 4.78 is 55.4. The second kappa shape index (κ2) is 4.93. The van der Waals surface area contributed by atoms with Crippen LogP contribution in [0.2, 0.25) is 0 Å². The summed E-state index contributed by atoms with van der Waals surface area (Å²) in [5.41, 5.74) is -2.48. The molecule has 0 unspecified atom stereocenters. The average Bonchev–Trinajstić information content (AvgIpc) is 2.15. The van der Waals surface area contributed by atoms with Gasteiger partial charge in [-0.3, -0.25) is 0 Å². The third-order valence-electron chi connectivity index (χ3n) is 2.00. The van der Waals surface area contributed by atoms with Crippen LogP contribution in [0.5, 0.6) is 5.75 Å². The monoisotopic (exact) mass is 252 g/mol. The number of hydrogen-bond acceptors (Lipinski definition) is 3. The first-order valence-electron chi connectivity index (χ1n) is 4.67. The van der Waals surface area contributed by atoms with E-state index in [2.05, 4.69) is 0 Å². The highest BCUT2D eigenvalue weighted by Crippen LogP contribution is 2.32. The second-order valence-electron chi connectivity index (χ2n) is 3.14. The molecule has 94 valence electrons. The van der Waals surface area contributed by atoms with E-state index in [9.17, 15) is 17.6 Å². The maximum atomic E-state index is 13.5. The lowest BCUT2D eigenvalue weighted by molar-refractivity contribution is -0.139. The Hall–Kier alpha value is -1.28. The van der Waals surface area contributed by atoms with Crippen LogP contribution in [-0.2, 0) is 6.18 Å². The number of benzene rings is 1. The molecule has 0 spiro atoms. The molecule has 0 aromatic heterocycles. The molecule has 0 saturated heterocycles. The van der Waals surface area contributed by atoms with Gasteiger partial charge in [0, 0.05) is 0 Å². The largest absolute Gasteiger partial charge is 0.495 e. The summed E-state index contributed by atoms with van der Waals surface area (Å²) in [5, 5.41) is 17.7. The van der Waals surface area contributed by atoms with Crippen LogP contribution in [0.3, 0.4) is 0 Å². The molecular formula is C9H9BF4O3. The van der Waals surface area contributed by atoms with Crippen molar-refractivity contribution in [2.45, 2.75) is 13.1 Å². The van der Waals surface area contributed by atoms with Gasteiger partial charge in [0.25, 0.3) is 0 Å². The van der Waals surface area contributed by atoms with Gasteiger partial charge in [0.1, 0.15) is 11.6 Å². The van der Waals surface area contributed by atoms with Gasteiger partial charge in [-0.2, -0.15) is 13.2 Å². The van der Waals surface area contributed by atoms with Crippen LogP contribution < -0.4 is 10.2 Å². The molecule has 0 atom stereocenters. The van der Waals surface area contributed by atoms with E-state index in [0.717, 1.165) is 6.07 Å². The van der Waals surface area contributed by atoms with E-state index in [0.29, 0.717) is 6.07 Å². The summed E-state index contributed by atoms with van der Waals surface area (Å²) in [6.07, 6.45) is -4.90. The fraction of sp³-hybridized carbons (Fsp3) is 0.333. The zero-order chi connectivity index (χ0) is 13.2. The van der Waals surface area contributed by atoms with E-state index in [1.54, 1.807) is 0 Å². The minimum atomic E-state index is -4.90. The first-order valence-corrected chi connectivity index (χ1v) is 4.67. The van der Waals surface area contributed by atoms with E-state index in [-0.39, 0.29) is 12.4 Å². The fourth-order valence-electron chi connectivity index (χ4n) is 1.32. The van der Waals surface area contributed by atoms with Crippen LogP contribution in [0.25, 0.3) is 0 Å². The molecule has 1 rings (SSSR count). The van der Waals surface area contributed by atoms with Crippen molar-refractivity contribution in [1.82, 2.24) is 0 Å². The Labute approximate surface area is 94.8 Å². The van der Waals surface area contributed by atoms with Crippen molar-refractivity contribution in [3.8, 4) is 5.75 Å². The van der Waals surface area contributed by atoms with Crippen molar-refractivity contribution in [2.75, 3.05) is 6.61 Å². The first-order chi connectivity index (χ1) is 7.79. The lowest BCUT2D eigenvalue weighted by Gasteiger charge is -2.15. The lowest BCUT2D eigenvalue weighted by atomic mass is 9.78. The third-order valence-corrected chi connectivity index (χ3v) is 2.00. The van der Waals surface area contributed by atoms with Gasteiger partial charge in [0.15, 0.2) is 0 Å². The molecule has 0 aliphatic heterocycles. The molecule has 1 aromatic carbocycles. The molecule has 1 aromatic rings. The van der Waals surface area contributed by atoms with Crippen molar-refractivity contribution in [3.05, 3.63) is 23.5 Å². The summed E-state index contributed by atoms with van der Waals surface area (Å²) in [7, 11) is -2.38. The van der Waals surface area contributed by atoms with E-state index < -0.39 is 30.1 Å². The van der Waals surface area contributed by atoms with Gasteiger partial charge >= 0.3 is 13.3 Å². The van der Waals surface area contributed by atoms with Crippen LogP contribution >= 0.6 is 0 Å². The van der Waals surface area contributed by atoms with Crippen molar-refractivity contribution in [1.29, 1.82) is 0 Å². The zero-order valence-corrected chi connectivity index (χ0v) is 8.75. The fourth-order valence-corrected chi connectivity index (χ4v) is 1.32. The van der Waals surface area contributed by atoms with Gasteiger partial charge in [-0.05, 0) is 19.1 Å². The summed E-state index contributed by atoms with van der Waals surface area (Å²) in [4.78, 5) is 0. The predicted octanol–water partition coefficient (Wildman–Crippen LogP) is 0.923. The molecular weight excluding hydrogens is 243 g/mol. The van der Waals surface area contributed by atoms with Crippen molar-refractivity contribution in [3.63, 3.8) is 0 Å². The molecule has 0 radical (unpaired) electrons.